The second-order valence-corrected chi connectivity index (χ2v) is 17.3. The topological polar surface area (TPSA) is 60.8 Å². The third-order valence-corrected chi connectivity index (χ3v) is 12.2. The van der Waals surface area contributed by atoms with Gasteiger partial charge < -0.3 is 19.0 Å². The van der Waals surface area contributed by atoms with Gasteiger partial charge in [0, 0.05) is 12.1 Å². The van der Waals surface area contributed by atoms with Gasteiger partial charge in [-0.3, -0.25) is 0 Å². The van der Waals surface area contributed by atoms with Crippen molar-refractivity contribution in [1.29, 1.82) is 0 Å². The molecule has 1 aliphatic carbocycles. The monoisotopic (exact) mass is 603 g/mol. The van der Waals surface area contributed by atoms with Crippen molar-refractivity contribution in [2.75, 3.05) is 6.61 Å². The fourth-order valence-corrected chi connectivity index (χ4v) is 5.54. The summed E-state index contributed by atoms with van der Waals surface area (Å²) in [5.41, 5.74) is -0.633. The summed E-state index contributed by atoms with van der Waals surface area (Å²) in [4.78, 5) is 4.24. The Morgan fingerprint density at radius 2 is 2.03 bits per heavy atom. The molecule has 0 spiro atoms. The molecular weight excluding hydrogens is 570 g/mol. The first-order valence-electron chi connectivity index (χ1n) is 12.3. The summed E-state index contributed by atoms with van der Waals surface area (Å²) in [5, 5.41) is 11.9. The maximum absolute atomic E-state index is 11.4. The maximum Gasteiger partial charge on any atom is 0.193 e. The Labute approximate surface area is 236 Å². The van der Waals surface area contributed by atoms with E-state index in [2.05, 4.69) is 90.3 Å². The second-order valence-electron chi connectivity index (χ2n) is 11.4. The molecule has 3 rings (SSSR count). The molecule has 1 aromatic rings. The van der Waals surface area contributed by atoms with E-state index in [1.54, 1.807) is 6.20 Å². The highest BCUT2D eigenvalue weighted by atomic mass is 79.9. The van der Waals surface area contributed by atoms with Crippen LogP contribution in [-0.2, 0) is 20.3 Å². The lowest BCUT2D eigenvalue weighted by molar-refractivity contribution is -0.159. The van der Waals surface area contributed by atoms with Gasteiger partial charge in [0.15, 0.2) is 19.7 Å². The number of hydrogen-bond acceptors (Lipinski definition) is 5. The van der Waals surface area contributed by atoms with E-state index < -0.39 is 31.9 Å². The first-order valence-corrected chi connectivity index (χ1v) is 16.4. The van der Waals surface area contributed by atoms with Crippen LogP contribution >= 0.6 is 27.5 Å². The van der Waals surface area contributed by atoms with Crippen LogP contribution in [0.3, 0.4) is 0 Å². The van der Waals surface area contributed by atoms with Gasteiger partial charge in [0.1, 0.15) is 17.4 Å². The third-order valence-electron chi connectivity index (χ3n) is 6.93. The number of ether oxygens (including phenoxy) is 2. The molecule has 2 heterocycles. The van der Waals surface area contributed by atoms with E-state index in [9.17, 15) is 5.11 Å². The standard InChI is InChI=1S/C29H35BrClNO4Si/c1-27(2,3)37(6,7)36-24-13-9-8-10-15-29(33,25-20-34-28(4,5)35-25)16-14-23(30)19-22(24)18-21-12-11-17-32-26(21)31/h11-12,17,19,22,24-25,33H,15,18,20H2,1-7H3/b23-19-/t22-,24-,25+,29+/m0/s1. The van der Waals surface area contributed by atoms with Crippen molar-refractivity contribution in [2.24, 2.45) is 5.92 Å². The summed E-state index contributed by atoms with van der Waals surface area (Å²) in [5.74, 6) is 17.2. The van der Waals surface area contributed by atoms with Gasteiger partial charge in [-0.1, -0.05) is 68.2 Å². The molecule has 0 saturated carbocycles. The lowest BCUT2D eigenvalue weighted by Gasteiger charge is -2.39. The van der Waals surface area contributed by atoms with Gasteiger partial charge in [0.2, 0.25) is 0 Å². The second kappa shape index (κ2) is 11.6. The number of nitrogens with zero attached hydrogens (tertiary/aromatic N) is 1. The van der Waals surface area contributed by atoms with Crippen molar-refractivity contribution in [2.45, 2.75) is 89.2 Å². The van der Waals surface area contributed by atoms with Crippen LogP contribution in [0.5, 0.6) is 0 Å². The Bertz CT molecular complexity index is 1220. The summed E-state index contributed by atoms with van der Waals surface area (Å²) in [6.45, 7) is 14.8. The Balaban J connectivity index is 2.05. The molecule has 4 atom stereocenters. The molecule has 37 heavy (non-hydrogen) atoms. The number of pyridine rings is 1. The predicted molar refractivity (Wildman–Crippen MR) is 153 cm³/mol. The van der Waals surface area contributed by atoms with Crippen molar-refractivity contribution < 1.29 is 19.0 Å². The molecule has 0 amide bonds. The van der Waals surface area contributed by atoms with Gasteiger partial charge in [0.25, 0.3) is 0 Å². The van der Waals surface area contributed by atoms with E-state index in [-0.39, 0.29) is 24.0 Å². The molecule has 0 unspecified atom stereocenters. The first-order chi connectivity index (χ1) is 17.1. The minimum atomic E-state index is -2.18. The molecule has 198 valence electrons. The van der Waals surface area contributed by atoms with Crippen LogP contribution < -0.4 is 0 Å². The van der Waals surface area contributed by atoms with Gasteiger partial charge in [-0.25, -0.2) is 4.98 Å². The Morgan fingerprint density at radius 3 is 2.65 bits per heavy atom. The molecule has 1 N–H and O–H groups in total. The van der Waals surface area contributed by atoms with Crippen molar-refractivity contribution >= 4 is 35.8 Å². The zero-order valence-electron chi connectivity index (χ0n) is 22.5. The molecule has 1 aromatic heterocycles. The van der Waals surface area contributed by atoms with Crippen molar-refractivity contribution in [1.82, 2.24) is 4.98 Å². The van der Waals surface area contributed by atoms with Crippen LogP contribution in [0.4, 0.5) is 0 Å². The average molecular weight is 605 g/mol. The highest BCUT2D eigenvalue weighted by molar-refractivity contribution is 9.12. The summed E-state index contributed by atoms with van der Waals surface area (Å²) < 4.78 is 19.0. The summed E-state index contributed by atoms with van der Waals surface area (Å²) in [6.07, 6.45) is 3.19. The van der Waals surface area contributed by atoms with Crippen molar-refractivity contribution in [3.8, 4) is 35.5 Å². The molecule has 0 aromatic carbocycles. The van der Waals surface area contributed by atoms with Crippen LogP contribution in [0.1, 0.15) is 46.6 Å². The van der Waals surface area contributed by atoms with Crippen LogP contribution in [0.25, 0.3) is 0 Å². The highest BCUT2D eigenvalue weighted by Crippen LogP contribution is 2.39. The SMILES string of the molecule is CC1(C)OC[C@H]([C@]2(O)C#C/C(Br)=C/[C@H](Cc3cccnc3Cl)[C@@H](O[Si](C)(C)C(C)(C)C)C#CC#CC2)O1. The van der Waals surface area contributed by atoms with E-state index >= 15 is 0 Å². The average Bonchev–Trinajstić information content (AvgIpc) is 3.16. The van der Waals surface area contributed by atoms with Gasteiger partial charge in [0.05, 0.1) is 17.5 Å². The van der Waals surface area contributed by atoms with Gasteiger partial charge in [-0.05, 0) is 77.8 Å². The van der Waals surface area contributed by atoms with Crippen LogP contribution in [-0.4, -0.2) is 48.6 Å². The number of allylic oxidation sites excluding steroid dienone is 1. The maximum atomic E-state index is 11.4. The van der Waals surface area contributed by atoms with Gasteiger partial charge in [-0.15, -0.1) is 0 Å². The quantitative estimate of drug-likeness (QED) is 0.259. The molecule has 2 aliphatic rings. The van der Waals surface area contributed by atoms with E-state index in [0.29, 0.717) is 16.1 Å². The normalized spacial score (nSPS) is 29.1. The fraction of sp³-hybridized carbons (Fsp3) is 0.552. The van der Waals surface area contributed by atoms with E-state index in [1.165, 1.54) is 0 Å². The largest absolute Gasteiger partial charge is 0.403 e. The molecule has 0 bridgehead atoms. The van der Waals surface area contributed by atoms with Gasteiger partial charge in [-0.2, -0.15) is 0 Å². The summed E-state index contributed by atoms with van der Waals surface area (Å²) >= 11 is 10.0. The predicted octanol–water partition coefficient (Wildman–Crippen LogP) is 5.86. The van der Waals surface area contributed by atoms with E-state index in [0.717, 1.165) is 5.56 Å². The fourth-order valence-electron chi connectivity index (χ4n) is 3.69. The number of aliphatic hydroxyl groups is 1. The number of hydrogen-bond donors (Lipinski definition) is 1. The molecular formula is C29H35BrClNO4Si. The van der Waals surface area contributed by atoms with E-state index in [1.807, 2.05) is 32.1 Å². The minimum absolute atomic E-state index is 0.00504. The zero-order chi connectivity index (χ0) is 27.5. The highest BCUT2D eigenvalue weighted by Gasteiger charge is 2.45. The lowest BCUT2D eigenvalue weighted by atomic mass is 9.92. The summed E-state index contributed by atoms with van der Waals surface area (Å²) in [7, 11) is -2.18. The first kappa shape index (κ1) is 29.9. The molecule has 5 nitrogen and oxygen atoms in total. The lowest BCUT2D eigenvalue weighted by Crippen LogP contribution is -2.45. The van der Waals surface area contributed by atoms with Gasteiger partial charge >= 0.3 is 0 Å². The van der Waals surface area contributed by atoms with Crippen LogP contribution in [0.15, 0.2) is 28.9 Å². The number of rotatable bonds is 5. The van der Waals surface area contributed by atoms with Crippen LogP contribution in [0, 0.1) is 41.4 Å². The van der Waals surface area contributed by atoms with Crippen molar-refractivity contribution in [3.63, 3.8) is 0 Å². The summed E-state index contributed by atoms with van der Waals surface area (Å²) in [6, 6.07) is 3.81. The van der Waals surface area contributed by atoms with E-state index in [4.69, 9.17) is 25.5 Å². The Kier molecular flexibility index (Phi) is 9.43. The molecule has 1 saturated heterocycles. The molecule has 1 fully saturated rings. The minimum Gasteiger partial charge on any atom is -0.403 e. The third kappa shape index (κ3) is 7.95. The number of aromatic nitrogens is 1. The van der Waals surface area contributed by atoms with Crippen molar-refractivity contribution in [3.05, 3.63) is 39.6 Å². The molecule has 1 aliphatic heterocycles. The molecule has 0 radical (unpaired) electrons. The number of halogens is 2. The Morgan fingerprint density at radius 1 is 1.30 bits per heavy atom. The smallest absolute Gasteiger partial charge is 0.193 e. The molecule has 8 heteroatoms. The Hall–Kier alpha value is -1.60. The zero-order valence-corrected chi connectivity index (χ0v) is 25.9. The van der Waals surface area contributed by atoms with Crippen LogP contribution in [0.2, 0.25) is 23.3 Å².